The summed E-state index contributed by atoms with van der Waals surface area (Å²) in [7, 11) is 0. The predicted molar refractivity (Wildman–Crippen MR) is 98.8 cm³/mol. The maximum atomic E-state index is 12.7. The lowest BCUT2D eigenvalue weighted by Gasteiger charge is -2.14. The minimum atomic E-state index is -0.217. The molecule has 3 heterocycles. The van der Waals surface area contributed by atoms with E-state index in [-0.39, 0.29) is 36.1 Å². The summed E-state index contributed by atoms with van der Waals surface area (Å²) in [6.45, 7) is 1.06. The molecule has 1 saturated heterocycles. The lowest BCUT2D eigenvalue weighted by Crippen LogP contribution is -2.32. The van der Waals surface area contributed by atoms with Gasteiger partial charge in [0.15, 0.2) is 0 Å². The van der Waals surface area contributed by atoms with E-state index in [1.807, 2.05) is 30.3 Å². The number of carbonyl (C=O) groups is 1. The topological polar surface area (TPSA) is 89.4 Å². The predicted octanol–water partition coefficient (Wildman–Crippen LogP) is 1.88. The summed E-state index contributed by atoms with van der Waals surface area (Å²) in [5.74, 6) is 0.441. The zero-order valence-corrected chi connectivity index (χ0v) is 15.5. The average Bonchev–Trinajstić information content (AvgIpc) is 3.18. The molecule has 0 saturated carbocycles. The number of halogens is 2. The molecule has 4 rings (SSSR count). The second kappa shape index (κ2) is 7.07. The van der Waals surface area contributed by atoms with Crippen molar-refractivity contribution in [3.63, 3.8) is 0 Å². The van der Waals surface area contributed by atoms with Gasteiger partial charge in [0.25, 0.3) is 11.7 Å². The Kier molecular flexibility index (Phi) is 5.03. The van der Waals surface area contributed by atoms with E-state index in [1.165, 1.54) is 4.52 Å². The Hall–Kier alpha value is -2.03. The number of likely N-dealkylation sites (tertiary alicyclic amines) is 1. The Balaban J connectivity index is 0.00000182. The van der Waals surface area contributed by atoms with Crippen LogP contribution >= 0.6 is 28.3 Å². The fraction of sp³-hybridized carbons (Fsp3) is 0.250. The van der Waals surface area contributed by atoms with Crippen LogP contribution in [0.2, 0.25) is 0 Å². The van der Waals surface area contributed by atoms with Crippen LogP contribution < -0.4 is 5.73 Å². The van der Waals surface area contributed by atoms with Crippen molar-refractivity contribution in [2.75, 3.05) is 13.1 Å². The highest BCUT2D eigenvalue weighted by Gasteiger charge is 2.35. The molecule has 1 aliphatic rings. The molecule has 2 atom stereocenters. The van der Waals surface area contributed by atoms with E-state index in [0.717, 1.165) is 10.0 Å². The molecule has 3 aromatic rings. The van der Waals surface area contributed by atoms with Crippen molar-refractivity contribution >= 4 is 40.0 Å². The van der Waals surface area contributed by atoms with Crippen LogP contribution in [-0.4, -0.2) is 49.5 Å². The molecule has 0 unspecified atom stereocenters. The summed E-state index contributed by atoms with van der Waals surface area (Å²) in [5, 5.41) is 4.22. The van der Waals surface area contributed by atoms with E-state index in [1.54, 1.807) is 17.3 Å². The number of hydrogen-bond acceptors (Lipinski definition) is 5. The molecule has 9 heteroatoms. The first kappa shape index (κ1) is 17.8. The third-order valence-electron chi connectivity index (χ3n) is 4.23. The van der Waals surface area contributed by atoms with Gasteiger partial charge in [0.2, 0.25) is 5.82 Å². The molecule has 0 spiro atoms. The molecule has 1 fully saturated rings. The minimum absolute atomic E-state index is 0. The highest BCUT2D eigenvalue weighted by molar-refractivity contribution is 9.10. The quantitative estimate of drug-likeness (QED) is 0.680. The first-order valence-electron chi connectivity index (χ1n) is 7.59. The van der Waals surface area contributed by atoms with Gasteiger partial charge in [-0.1, -0.05) is 30.3 Å². The second-order valence-corrected chi connectivity index (χ2v) is 6.76. The summed E-state index contributed by atoms with van der Waals surface area (Å²) < 4.78 is 2.26. The fourth-order valence-electron chi connectivity index (χ4n) is 3.04. The first-order chi connectivity index (χ1) is 11.6. The van der Waals surface area contributed by atoms with Crippen molar-refractivity contribution in [1.82, 2.24) is 24.5 Å². The van der Waals surface area contributed by atoms with Gasteiger partial charge < -0.3 is 10.6 Å². The van der Waals surface area contributed by atoms with Crippen LogP contribution in [-0.2, 0) is 0 Å². The van der Waals surface area contributed by atoms with Crippen molar-refractivity contribution in [3.05, 3.63) is 58.6 Å². The third kappa shape index (κ3) is 3.37. The number of benzene rings is 1. The molecule has 1 aliphatic heterocycles. The van der Waals surface area contributed by atoms with Gasteiger partial charge in [-0.2, -0.15) is 4.98 Å². The lowest BCUT2D eigenvalue weighted by atomic mass is 9.95. The molecule has 2 aromatic heterocycles. The van der Waals surface area contributed by atoms with Crippen LogP contribution in [0, 0.1) is 0 Å². The Bertz CT molecular complexity index is 902. The molecule has 130 valence electrons. The Morgan fingerprint density at radius 3 is 2.76 bits per heavy atom. The van der Waals surface area contributed by atoms with Gasteiger partial charge in [0.1, 0.15) is 0 Å². The Morgan fingerprint density at radius 1 is 1.24 bits per heavy atom. The fourth-order valence-corrected chi connectivity index (χ4v) is 3.34. The SMILES string of the molecule is Cl.N[C@@H]1CN(C(=O)c2nc3ncc(Br)cn3n2)C[C@H]1c1ccccc1. The van der Waals surface area contributed by atoms with E-state index >= 15 is 0 Å². The smallest absolute Gasteiger partial charge is 0.293 e. The van der Waals surface area contributed by atoms with Crippen LogP contribution in [0.15, 0.2) is 47.2 Å². The molecule has 0 radical (unpaired) electrons. The summed E-state index contributed by atoms with van der Waals surface area (Å²) in [5.41, 5.74) is 7.40. The number of carbonyl (C=O) groups excluding carboxylic acids is 1. The van der Waals surface area contributed by atoms with Crippen LogP contribution in [0.25, 0.3) is 5.78 Å². The molecule has 7 nitrogen and oxygen atoms in total. The summed E-state index contributed by atoms with van der Waals surface area (Å²) in [6.07, 6.45) is 3.34. The number of aromatic nitrogens is 4. The highest BCUT2D eigenvalue weighted by atomic mass is 79.9. The van der Waals surface area contributed by atoms with Gasteiger partial charge in [-0.3, -0.25) is 4.79 Å². The lowest BCUT2D eigenvalue weighted by molar-refractivity contribution is 0.0777. The van der Waals surface area contributed by atoms with Crippen LogP contribution in [0.3, 0.4) is 0 Å². The van der Waals surface area contributed by atoms with Gasteiger partial charge in [-0.15, -0.1) is 17.5 Å². The zero-order chi connectivity index (χ0) is 16.7. The van der Waals surface area contributed by atoms with E-state index < -0.39 is 0 Å². The van der Waals surface area contributed by atoms with E-state index in [0.29, 0.717) is 18.9 Å². The number of amides is 1. The number of nitrogens with zero attached hydrogens (tertiary/aromatic N) is 5. The summed E-state index contributed by atoms with van der Waals surface area (Å²) in [6, 6.07) is 9.94. The van der Waals surface area contributed by atoms with Gasteiger partial charge in [-0.05, 0) is 21.5 Å². The van der Waals surface area contributed by atoms with Crippen molar-refractivity contribution in [3.8, 4) is 0 Å². The third-order valence-corrected chi connectivity index (χ3v) is 4.64. The van der Waals surface area contributed by atoms with Gasteiger partial charge in [0.05, 0.1) is 4.47 Å². The van der Waals surface area contributed by atoms with Crippen molar-refractivity contribution in [1.29, 1.82) is 0 Å². The van der Waals surface area contributed by atoms with E-state index in [2.05, 4.69) is 31.0 Å². The van der Waals surface area contributed by atoms with Crippen molar-refractivity contribution in [2.45, 2.75) is 12.0 Å². The largest absolute Gasteiger partial charge is 0.334 e. The Morgan fingerprint density at radius 2 is 2.00 bits per heavy atom. The van der Waals surface area contributed by atoms with Gasteiger partial charge in [-0.25, -0.2) is 9.50 Å². The maximum absolute atomic E-state index is 12.7. The van der Waals surface area contributed by atoms with E-state index in [9.17, 15) is 4.79 Å². The van der Waals surface area contributed by atoms with Gasteiger partial charge >= 0.3 is 0 Å². The molecule has 2 N–H and O–H groups in total. The first-order valence-corrected chi connectivity index (χ1v) is 8.39. The molecule has 1 aromatic carbocycles. The van der Waals surface area contributed by atoms with E-state index in [4.69, 9.17) is 5.73 Å². The standard InChI is InChI=1S/C16H15BrN6O.ClH/c17-11-6-19-16-20-14(21-23(16)7-11)15(24)22-8-12(13(18)9-22)10-4-2-1-3-5-10;/h1-7,12-13H,8-9,18H2;1H/t12-,13+;/m0./s1. The summed E-state index contributed by atoms with van der Waals surface area (Å²) >= 11 is 3.32. The highest BCUT2D eigenvalue weighted by Crippen LogP contribution is 2.27. The second-order valence-electron chi connectivity index (χ2n) is 5.84. The molecule has 1 amide bonds. The number of hydrogen-bond donors (Lipinski definition) is 1. The summed E-state index contributed by atoms with van der Waals surface area (Å²) in [4.78, 5) is 22.8. The normalized spacial score (nSPS) is 19.8. The monoisotopic (exact) mass is 422 g/mol. The average molecular weight is 424 g/mol. The number of nitrogens with two attached hydrogens (primary N) is 1. The zero-order valence-electron chi connectivity index (χ0n) is 13.1. The number of fused-ring (bicyclic) bond motifs is 1. The molecular formula is C16H16BrClN6O. The maximum Gasteiger partial charge on any atom is 0.293 e. The number of rotatable bonds is 2. The van der Waals surface area contributed by atoms with Crippen LogP contribution in [0.4, 0.5) is 0 Å². The minimum Gasteiger partial charge on any atom is -0.334 e. The van der Waals surface area contributed by atoms with Crippen LogP contribution in [0.1, 0.15) is 22.1 Å². The molecule has 0 bridgehead atoms. The molecule has 25 heavy (non-hydrogen) atoms. The van der Waals surface area contributed by atoms with Crippen LogP contribution in [0.5, 0.6) is 0 Å². The van der Waals surface area contributed by atoms with Crippen molar-refractivity contribution in [2.24, 2.45) is 5.73 Å². The van der Waals surface area contributed by atoms with Gasteiger partial charge in [0, 0.05) is 37.4 Å². The Labute approximate surface area is 158 Å². The van der Waals surface area contributed by atoms with Crippen molar-refractivity contribution < 1.29 is 4.79 Å². The molecule has 0 aliphatic carbocycles. The molecular weight excluding hydrogens is 408 g/mol.